The number of halogens is 1. The Morgan fingerprint density at radius 3 is 2.82 bits per heavy atom. The molecule has 0 unspecified atom stereocenters. The van der Waals surface area contributed by atoms with Crippen LogP contribution in [-0.2, 0) is 14.3 Å². The molecular formula is C16H24BrNO4. The van der Waals surface area contributed by atoms with Gasteiger partial charge >= 0.3 is 0 Å². The third-order valence-electron chi connectivity index (χ3n) is 2.83. The molecule has 22 heavy (non-hydrogen) atoms. The molecule has 1 aromatic rings. The minimum absolute atomic E-state index is 0.0507. The summed E-state index contributed by atoms with van der Waals surface area (Å²) in [4.78, 5) is 11.6. The molecule has 124 valence electrons. The molecule has 0 saturated heterocycles. The molecule has 1 aromatic carbocycles. The molecule has 0 aromatic heterocycles. The Labute approximate surface area is 140 Å². The van der Waals surface area contributed by atoms with E-state index in [1.165, 1.54) is 0 Å². The van der Waals surface area contributed by atoms with Gasteiger partial charge in [0.2, 0.25) is 5.91 Å². The highest BCUT2D eigenvalue weighted by Gasteiger charge is 2.01. The van der Waals surface area contributed by atoms with Crippen molar-refractivity contribution in [2.24, 2.45) is 0 Å². The Morgan fingerprint density at radius 1 is 1.18 bits per heavy atom. The van der Waals surface area contributed by atoms with Gasteiger partial charge in [0.25, 0.3) is 0 Å². The highest BCUT2D eigenvalue weighted by Crippen LogP contribution is 2.17. The molecule has 0 atom stereocenters. The summed E-state index contributed by atoms with van der Waals surface area (Å²) >= 11 is 3.39. The van der Waals surface area contributed by atoms with E-state index in [0.29, 0.717) is 45.8 Å². The Hall–Kier alpha value is -1.11. The van der Waals surface area contributed by atoms with Crippen molar-refractivity contribution in [2.75, 3.05) is 40.1 Å². The lowest BCUT2D eigenvalue weighted by Crippen LogP contribution is -2.25. The molecular weight excluding hydrogens is 350 g/mol. The average molecular weight is 374 g/mol. The second-order valence-corrected chi connectivity index (χ2v) is 5.63. The van der Waals surface area contributed by atoms with E-state index in [-0.39, 0.29) is 5.91 Å². The quantitative estimate of drug-likeness (QED) is 0.572. The molecule has 0 fully saturated rings. The fraction of sp³-hybridized carbons (Fsp3) is 0.562. The number of amides is 1. The van der Waals surface area contributed by atoms with Crippen LogP contribution in [0.3, 0.4) is 0 Å². The first-order valence-electron chi connectivity index (χ1n) is 7.44. The summed E-state index contributed by atoms with van der Waals surface area (Å²) in [6.07, 6.45) is 1.98. The fourth-order valence-corrected chi connectivity index (χ4v) is 2.09. The first kappa shape index (κ1) is 18.9. The van der Waals surface area contributed by atoms with Crippen molar-refractivity contribution in [1.29, 1.82) is 0 Å². The van der Waals surface area contributed by atoms with Gasteiger partial charge in [-0.25, -0.2) is 0 Å². The SMILES string of the molecule is COCCOCCCNC(=O)CCCOc1cccc(Br)c1. The van der Waals surface area contributed by atoms with Crippen molar-refractivity contribution in [1.82, 2.24) is 5.32 Å². The van der Waals surface area contributed by atoms with E-state index in [9.17, 15) is 4.79 Å². The molecule has 1 rings (SSSR count). The predicted molar refractivity (Wildman–Crippen MR) is 89.2 cm³/mol. The largest absolute Gasteiger partial charge is 0.494 e. The van der Waals surface area contributed by atoms with Crippen LogP contribution in [0.15, 0.2) is 28.7 Å². The van der Waals surface area contributed by atoms with Gasteiger partial charge in [-0.15, -0.1) is 0 Å². The van der Waals surface area contributed by atoms with Crippen LogP contribution in [0.5, 0.6) is 5.75 Å². The highest BCUT2D eigenvalue weighted by molar-refractivity contribution is 9.10. The van der Waals surface area contributed by atoms with Crippen LogP contribution in [0.2, 0.25) is 0 Å². The van der Waals surface area contributed by atoms with Gasteiger partial charge < -0.3 is 19.5 Å². The number of hydrogen-bond donors (Lipinski definition) is 1. The molecule has 0 bridgehead atoms. The number of carbonyl (C=O) groups is 1. The number of benzene rings is 1. The number of rotatable bonds is 12. The van der Waals surface area contributed by atoms with Crippen LogP contribution >= 0.6 is 15.9 Å². The van der Waals surface area contributed by atoms with E-state index in [1.54, 1.807) is 7.11 Å². The Bertz CT molecular complexity index is 428. The van der Waals surface area contributed by atoms with E-state index < -0.39 is 0 Å². The molecule has 0 saturated carbocycles. The summed E-state index contributed by atoms with van der Waals surface area (Å²) in [5.41, 5.74) is 0. The number of carbonyl (C=O) groups excluding carboxylic acids is 1. The van der Waals surface area contributed by atoms with Gasteiger partial charge in [-0.05, 0) is 31.0 Å². The molecule has 6 heteroatoms. The lowest BCUT2D eigenvalue weighted by Gasteiger charge is -2.07. The third kappa shape index (κ3) is 9.76. The van der Waals surface area contributed by atoms with Crippen LogP contribution in [0.25, 0.3) is 0 Å². The highest BCUT2D eigenvalue weighted by atomic mass is 79.9. The monoisotopic (exact) mass is 373 g/mol. The summed E-state index contributed by atoms with van der Waals surface area (Å²) in [5, 5.41) is 2.87. The Kier molecular flexibility index (Phi) is 10.7. The molecule has 1 N–H and O–H groups in total. The lowest BCUT2D eigenvalue weighted by atomic mass is 10.3. The van der Waals surface area contributed by atoms with Crippen LogP contribution in [0, 0.1) is 0 Å². The maximum Gasteiger partial charge on any atom is 0.220 e. The van der Waals surface area contributed by atoms with Gasteiger partial charge in [-0.3, -0.25) is 4.79 Å². The molecule has 1 amide bonds. The molecule has 0 aliphatic carbocycles. The standard InChI is InChI=1S/C16H24BrNO4/c1-20-11-12-21-9-4-8-18-16(19)7-3-10-22-15-6-2-5-14(17)13-15/h2,5-6,13H,3-4,7-12H2,1H3,(H,18,19). The minimum atomic E-state index is 0.0507. The van der Waals surface area contributed by atoms with Crippen LogP contribution in [-0.4, -0.2) is 46.0 Å². The van der Waals surface area contributed by atoms with Crippen molar-refractivity contribution in [3.05, 3.63) is 28.7 Å². The number of hydrogen-bond acceptors (Lipinski definition) is 4. The van der Waals surface area contributed by atoms with Gasteiger partial charge in [0, 0.05) is 31.2 Å². The van der Waals surface area contributed by atoms with E-state index >= 15 is 0 Å². The molecule has 0 radical (unpaired) electrons. The predicted octanol–water partition coefficient (Wildman–Crippen LogP) is 2.78. The molecule has 0 aliphatic heterocycles. The second-order valence-electron chi connectivity index (χ2n) is 4.72. The maximum atomic E-state index is 11.6. The van der Waals surface area contributed by atoms with Crippen molar-refractivity contribution in [3.8, 4) is 5.75 Å². The zero-order chi connectivity index (χ0) is 16.0. The Morgan fingerprint density at radius 2 is 2.05 bits per heavy atom. The van der Waals surface area contributed by atoms with E-state index in [4.69, 9.17) is 14.2 Å². The van der Waals surface area contributed by atoms with Crippen molar-refractivity contribution in [3.63, 3.8) is 0 Å². The summed E-state index contributed by atoms with van der Waals surface area (Å²) in [7, 11) is 1.64. The number of ether oxygens (including phenoxy) is 3. The van der Waals surface area contributed by atoms with Crippen LogP contribution < -0.4 is 10.1 Å². The topological polar surface area (TPSA) is 56.8 Å². The zero-order valence-electron chi connectivity index (χ0n) is 13.0. The smallest absolute Gasteiger partial charge is 0.220 e. The second kappa shape index (κ2) is 12.4. The first-order valence-corrected chi connectivity index (χ1v) is 8.23. The fourth-order valence-electron chi connectivity index (χ4n) is 1.71. The third-order valence-corrected chi connectivity index (χ3v) is 3.33. The minimum Gasteiger partial charge on any atom is -0.494 e. The van der Waals surface area contributed by atoms with Gasteiger partial charge in [0.15, 0.2) is 0 Å². The summed E-state index contributed by atoms with van der Waals surface area (Å²) in [6, 6.07) is 7.66. The summed E-state index contributed by atoms with van der Waals surface area (Å²) in [6.45, 7) is 3.00. The van der Waals surface area contributed by atoms with E-state index in [1.807, 2.05) is 24.3 Å². The molecule has 5 nitrogen and oxygen atoms in total. The molecule has 0 spiro atoms. The van der Waals surface area contributed by atoms with E-state index in [0.717, 1.165) is 16.6 Å². The van der Waals surface area contributed by atoms with Crippen molar-refractivity contribution in [2.45, 2.75) is 19.3 Å². The van der Waals surface area contributed by atoms with Gasteiger partial charge in [-0.2, -0.15) is 0 Å². The summed E-state index contributed by atoms with van der Waals surface area (Å²) in [5.74, 6) is 0.859. The molecule has 0 aliphatic rings. The zero-order valence-corrected chi connectivity index (χ0v) is 14.6. The van der Waals surface area contributed by atoms with Gasteiger partial charge in [0.1, 0.15) is 5.75 Å². The Balaban J connectivity index is 1.95. The van der Waals surface area contributed by atoms with Crippen molar-refractivity contribution >= 4 is 21.8 Å². The lowest BCUT2D eigenvalue weighted by molar-refractivity contribution is -0.121. The number of nitrogens with one attached hydrogen (secondary N) is 1. The normalized spacial score (nSPS) is 10.5. The van der Waals surface area contributed by atoms with Crippen LogP contribution in [0.1, 0.15) is 19.3 Å². The number of methoxy groups -OCH3 is 1. The first-order chi connectivity index (χ1) is 10.7. The van der Waals surface area contributed by atoms with Gasteiger partial charge in [-0.1, -0.05) is 22.0 Å². The summed E-state index contributed by atoms with van der Waals surface area (Å²) < 4.78 is 16.7. The van der Waals surface area contributed by atoms with Crippen LogP contribution in [0.4, 0.5) is 0 Å². The van der Waals surface area contributed by atoms with Crippen molar-refractivity contribution < 1.29 is 19.0 Å². The average Bonchev–Trinajstić information content (AvgIpc) is 2.51. The van der Waals surface area contributed by atoms with E-state index in [2.05, 4.69) is 21.2 Å². The molecule has 0 heterocycles. The maximum absolute atomic E-state index is 11.6. The van der Waals surface area contributed by atoms with Gasteiger partial charge in [0.05, 0.1) is 19.8 Å².